The van der Waals surface area contributed by atoms with Gasteiger partial charge in [0.25, 0.3) is 0 Å². The molecule has 4 heteroatoms. The van der Waals surface area contributed by atoms with Gasteiger partial charge in [-0.05, 0) is 36.6 Å². The average molecular weight is 256 g/mol. The zero-order valence-electron chi connectivity index (χ0n) is 11.7. The Kier molecular flexibility index (Phi) is 2.82. The van der Waals surface area contributed by atoms with Crippen molar-refractivity contribution in [3.05, 3.63) is 35.5 Å². The summed E-state index contributed by atoms with van der Waals surface area (Å²) in [5.41, 5.74) is 11.1. The van der Waals surface area contributed by atoms with Gasteiger partial charge in [0.05, 0.1) is 6.20 Å². The summed E-state index contributed by atoms with van der Waals surface area (Å²) in [6, 6.07) is 7.21. The maximum Gasteiger partial charge on any atom is 0.129 e. The van der Waals surface area contributed by atoms with Crippen molar-refractivity contribution in [1.82, 2.24) is 14.7 Å². The quantitative estimate of drug-likeness (QED) is 0.897. The summed E-state index contributed by atoms with van der Waals surface area (Å²) >= 11 is 0. The van der Waals surface area contributed by atoms with Gasteiger partial charge in [-0.15, -0.1) is 0 Å². The largest absolute Gasteiger partial charge is 0.383 e. The fraction of sp³-hybridized carbons (Fsp3) is 0.400. The van der Waals surface area contributed by atoms with E-state index in [4.69, 9.17) is 5.73 Å². The van der Waals surface area contributed by atoms with Crippen LogP contribution in [0.4, 0.5) is 5.82 Å². The number of nitrogens with two attached hydrogens (primary N) is 1. The monoisotopic (exact) mass is 256 g/mol. The van der Waals surface area contributed by atoms with Gasteiger partial charge in [0.1, 0.15) is 5.82 Å². The van der Waals surface area contributed by atoms with Crippen molar-refractivity contribution in [2.75, 3.05) is 5.73 Å². The molecule has 2 N–H and O–H groups in total. The van der Waals surface area contributed by atoms with Crippen LogP contribution >= 0.6 is 0 Å². The summed E-state index contributed by atoms with van der Waals surface area (Å²) in [7, 11) is 1.87. The van der Waals surface area contributed by atoms with Gasteiger partial charge < -0.3 is 5.73 Å². The molecule has 0 fully saturated rings. The zero-order chi connectivity index (χ0) is 13.6. The minimum atomic E-state index is 0.583. The molecule has 1 aromatic heterocycles. The molecule has 0 unspecified atom stereocenters. The standard InChI is InChI=1S/C15H20N4/c1-10(2)19-8-12-5-4-11(6-13(12)9-19)14-7-17-18(3)15(14)16/h4-7,10H,8-9,16H2,1-3H3. The Morgan fingerprint density at radius 1 is 1.21 bits per heavy atom. The van der Waals surface area contributed by atoms with Gasteiger partial charge in [-0.25, -0.2) is 0 Å². The Bertz CT molecular complexity index is 613. The molecule has 0 radical (unpaired) electrons. The molecular formula is C15H20N4. The summed E-state index contributed by atoms with van der Waals surface area (Å²) in [5.74, 6) is 0.721. The van der Waals surface area contributed by atoms with Crippen molar-refractivity contribution < 1.29 is 0 Å². The van der Waals surface area contributed by atoms with Crippen LogP contribution in [0.1, 0.15) is 25.0 Å². The Hall–Kier alpha value is -1.81. The molecule has 0 saturated carbocycles. The van der Waals surface area contributed by atoms with Crippen LogP contribution in [0.3, 0.4) is 0 Å². The van der Waals surface area contributed by atoms with E-state index in [0.717, 1.165) is 30.0 Å². The lowest BCUT2D eigenvalue weighted by Gasteiger charge is -2.18. The fourth-order valence-electron chi connectivity index (χ4n) is 2.62. The highest BCUT2D eigenvalue weighted by Crippen LogP contribution is 2.31. The number of aromatic nitrogens is 2. The van der Waals surface area contributed by atoms with E-state index in [9.17, 15) is 0 Å². The van der Waals surface area contributed by atoms with Gasteiger partial charge >= 0.3 is 0 Å². The number of fused-ring (bicyclic) bond motifs is 1. The first kappa shape index (κ1) is 12.2. The summed E-state index contributed by atoms with van der Waals surface area (Å²) in [6.45, 7) is 6.56. The topological polar surface area (TPSA) is 47.1 Å². The number of rotatable bonds is 2. The lowest BCUT2D eigenvalue weighted by atomic mass is 10.0. The number of hydrogen-bond donors (Lipinski definition) is 1. The Balaban J connectivity index is 1.96. The molecule has 100 valence electrons. The predicted molar refractivity (Wildman–Crippen MR) is 77.4 cm³/mol. The van der Waals surface area contributed by atoms with Crippen molar-refractivity contribution in [3.8, 4) is 11.1 Å². The van der Waals surface area contributed by atoms with Crippen molar-refractivity contribution in [1.29, 1.82) is 0 Å². The third-order valence-electron chi connectivity index (χ3n) is 3.98. The Morgan fingerprint density at radius 3 is 2.58 bits per heavy atom. The molecule has 19 heavy (non-hydrogen) atoms. The zero-order valence-corrected chi connectivity index (χ0v) is 11.7. The van der Waals surface area contributed by atoms with Crippen LogP contribution in [0.25, 0.3) is 11.1 Å². The first-order valence-corrected chi connectivity index (χ1v) is 6.70. The highest BCUT2D eigenvalue weighted by Gasteiger charge is 2.21. The molecule has 2 aromatic rings. The molecule has 2 heterocycles. The number of aryl methyl sites for hydroxylation is 1. The minimum absolute atomic E-state index is 0.583. The molecule has 0 spiro atoms. The molecule has 1 aromatic carbocycles. The van der Waals surface area contributed by atoms with Crippen LogP contribution in [0.15, 0.2) is 24.4 Å². The van der Waals surface area contributed by atoms with E-state index in [0.29, 0.717) is 6.04 Å². The van der Waals surface area contributed by atoms with Gasteiger partial charge in [0, 0.05) is 31.7 Å². The van der Waals surface area contributed by atoms with E-state index in [1.54, 1.807) is 4.68 Å². The SMILES string of the molecule is CC(C)N1Cc2ccc(-c3cnn(C)c3N)cc2C1. The number of nitrogens with zero attached hydrogens (tertiary/aromatic N) is 3. The maximum atomic E-state index is 6.05. The van der Waals surface area contributed by atoms with Gasteiger partial charge in [0.2, 0.25) is 0 Å². The highest BCUT2D eigenvalue weighted by atomic mass is 15.3. The number of nitrogen functional groups attached to an aromatic ring is 1. The van der Waals surface area contributed by atoms with E-state index >= 15 is 0 Å². The number of hydrogen-bond acceptors (Lipinski definition) is 3. The second kappa shape index (κ2) is 4.38. The van der Waals surface area contributed by atoms with Crippen LogP contribution in [0.5, 0.6) is 0 Å². The minimum Gasteiger partial charge on any atom is -0.383 e. The Morgan fingerprint density at radius 2 is 1.95 bits per heavy atom. The molecule has 0 amide bonds. The lowest BCUT2D eigenvalue weighted by Crippen LogP contribution is -2.24. The van der Waals surface area contributed by atoms with Gasteiger partial charge in [0.15, 0.2) is 0 Å². The van der Waals surface area contributed by atoms with Crippen LogP contribution < -0.4 is 5.73 Å². The molecule has 1 aliphatic rings. The molecule has 3 rings (SSSR count). The van der Waals surface area contributed by atoms with Crippen LogP contribution in [-0.2, 0) is 20.1 Å². The van der Waals surface area contributed by atoms with E-state index < -0.39 is 0 Å². The van der Waals surface area contributed by atoms with Crippen LogP contribution in [0.2, 0.25) is 0 Å². The van der Waals surface area contributed by atoms with Crippen LogP contribution in [-0.4, -0.2) is 20.7 Å². The van der Waals surface area contributed by atoms with E-state index in [-0.39, 0.29) is 0 Å². The van der Waals surface area contributed by atoms with Crippen molar-refractivity contribution in [3.63, 3.8) is 0 Å². The second-order valence-electron chi connectivity index (χ2n) is 5.55. The summed E-state index contributed by atoms with van der Waals surface area (Å²) in [5, 5.41) is 4.21. The smallest absolute Gasteiger partial charge is 0.129 e. The van der Waals surface area contributed by atoms with Crippen molar-refractivity contribution in [2.24, 2.45) is 7.05 Å². The molecule has 4 nitrogen and oxygen atoms in total. The van der Waals surface area contributed by atoms with E-state index in [1.807, 2.05) is 13.2 Å². The summed E-state index contributed by atoms with van der Waals surface area (Å²) in [4.78, 5) is 2.47. The van der Waals surface area contributed by atoms with Crippen molar-refractivity contribution >= 4 is 5.82 Å². The predicted octanol–water partition coefficient (Wildman–Crippen LogP) is 2.39. The van der Waals surface area contributed by atoms with E-state index in [2.05, 4.69) is 42.0 Å². The first-order valence-electron chi connectivity index (χ1n) is 6.70. The second-order valence-corrected chi connectivity index (χ2v) is 5.55. The number of anilines is 1. The van der Waals surface area contributed by atoms with Gasteiger partial charge in [-0.2, -0.15) is 5.10 Å². The third kappa shape index (κ3) is 2.02. The molecule has 0 atom stereocenters. The van der Waals surface area contributed by atoms with Crippen molar-refractivity contribution in [2.45, 2.75) is 33.0 Å². The normalized spacial score (nSPS) is 15.2. The van der Waals surface area contributed by atoms with Gasteiger partial charge in [-0.3, -0.25) is 9.58 Å². The van der Waals surface area contributed by atoms with Gasteiger partial charge in [-0.1, -0.05) is 12.1 Å². The third-order valence-corrected chi connectivity index (χ3v) is 3.98. The maximum absolute atomic E-state index is 6.05. The summed E-state index contributed by atoms with van der Waals surface area (Å²) in [6.07, 6.45) is 1.84. The molecule has 0 saturated heterocycles. The molecule has 0 aliphatic carbocycles. The number of benzene rings is 1. The average Bonchev–Trinajstić information content (AvgIpc) is 2.94. The first-order chi connectivity index (χ1) is 9.06. The molecule has 1 aliphatic heterocycles. The van der Waals surface area contributed by atoms with E-state index in [1.165, 1.54) is 11.1 Å². The summed E-state index contributed by atoms with van der Waals surface area (Å²) < 4.78 is 1.71. The molecular weight excluding hydrogens is 236 g/mol. The van der Waals surface area contributed by atoms with Crippen LogP contribution in [0, 0.1) is 0 Å². The lowest BCUT2D eigenvalue weighted by molar-refractivity contribution is 0.227. The highest BCUT2D eigenvalue weighted by molar-refractivity contribution is 5.74. The molecule has 0 bridgehead atoms. The Labute approximate surface area is 113 Å². The fourth-order valence-corrected chi connectivity index (χ4v) is 2.62.